The molecule has 2 amide bonds. The summed E-state index contributed by atoms with van der Waals surface area (Å²) in [7, 11) is 1.71. The van der Waals surface area contributed by atoms with E-state index in [1.165, 1.54) is 4.90 Å². The standard InChI is InChI=1S/C21H29N5O3/c1-12-16(13(2)29-25-12)5-4-8-23-21(22-3)24-9-10-26-19(27)17-14-6-7-15(11-14)18(17)20(26)28/h6-7,14-15,17-18H,4-5,8-11H2,1-3H3,(H2,22,23,24). The van der Waals surface area contributed by atoms with Gasteiger partial charge < -0.3 is 15.2 Å². The highest BCUT2D eigenvalue weighted by Crippen LogP contribution is 2.52. The molecule has 29 heavy (non-hydrogen) atoms. The Morgan fingerprint density at radius 3 is 2.41 bits per heavy atom. The number of likely N-dealkylation sites (tertiary alicyclic amines) is 1. The predicted octanol–water partition coefficient (Wildman–Crippen LogP) is 1.20. The van der Waals surface area contributed by atoms with E-state index >= 15 is 0 Å². The van der Waals surface area contributed by atoms with E-state index in [2.05, 4.69) is 32.9 Å². The van der Waals surface area contributed by atoms with Crippen LogP contribution in [-0.2, 0) is 16.0 Å². The number of rotatable bonds is 7. The van der Waals surface area contributed by atoms with Crippen molar-refractivity contribution in [2.75, 3.05) is 26.7 Å². The highest BCUT2D eigenvalue weighted by atomic mass is 16.5. The molecule has 4 rings (SSSR count). The molecule has 1 aromatic rings. The summed E-state index contributed by atoms with van der Waals surface area (Å²) < 4.78 is 5.19. The third kappa shape index (κ3) is 3.56. The highest BCUT2D eigenvalue weighted by Gasteiger charge is 2.58. The molecule has 156 valence electrons. The van der Waals surface area contributed by atoms with Gasteiger partial charge in [-0.15, -0.1) is 0 Å². The van der Waals surface area contributed by atoms with Crippen LogP contribution in [0, 0.1) is 37.5 Å². The predicted molar refractivity (Wildman–Crippen MR) is 108 cm³/mol. The van der Waals surface area contributed by atoms with Crippen LogP contribution in [0.15, 0.2) is 21.7 Å². The lowest BCUT2D eigenvalue weighted by Crippen LogP contribution is -2.44. The topological polar surface area (TPSA) is 99.8 Å². The zero-order valence-electron chi connectivity index (χ0n) is 17.3. The third-order valence-electron chi connectivity index (χ3n) is 6.49. The first-order valence-electron chi connectivity index (χ1n) is 10.4. The Morgan fingerprint density at radius 1 is 1.17 bits per heavy atom. The summed E-state index contributed by atoms with van der Waals surface area (Å²) in [5.74, 6) is 1.81. The largest absolute Gasteiger partial charge is 0.361 e. The summed E-state index contributed by atoms with van der Waals surface area (Å²) in [6.07, 6.45) is 7.01. The number of hydrogen-bond acceptors (Lipinski definition) is 5. The highest BCUT2D eigenvalue weighted by molar-refractivity contribution is 6.06. The SMILES string of the molecule is CN=C(NCCCc1c(C)noc1C)NCCN1C(=O)C2C3C=CC(C3)C2C1=O. The van der Waals surface area contributed by atoms with E-state index in [9.17, 15) is 9.59 Å². The number of imide groups is 1. The summed E-state index contributed by atoms with van der Waals surface area (Å²) in [5, 5.41) is 10.5. The fourth-order valence-electron chi connectivity index (χ4n) is 5.02. The van der Waals surface area contributed by atoms with Crippen molar-refractivity contribution in [1.29, 1.82) is 0 Å². The van der Waals surface area contributed by atoms with Gasteiger partial charge in [0.15, 0.2) is 5.96 Å². The molecule has 2 bridgehead atoms. The van der Waals surface area contributed by atoms with Gasteiger partial charge in [0.25, 0.3) is 0 Å². The molecule has 8 nitrogen and oxygen atoms in total. The number of aromatic nitrogens is 1. The Kier molecular flexibility index (Phi) is 5.43. The number of nitrogens with zero attached hydrogens (tertiary/aromatic N) is 3. The monoisotopic (exact) mass is 399 g/mol. The number of hydrogen-bond donors (Lipinski definition) is 2. The van der Waals surface area contributed by atoms with E-state index in [1.807, 2.05) is 13.8 Å². The van der Waals surface area contributed by atoms with Gasteiger partial charge in [0.05, 0.1) is 17.5 Å². The number of nitrogens with one attached hydrogen (secondary N) is 2. The molecule has 0 aromatic carbocycles. The van der Waals surface area contributed by atoms with Crippen molar-refractivity contribution in [3.63, 3.8) is 0 Å². The van der Waals surface area contributed by atoms with E-state index in [0.29, 0.717) is 19.0 Å². The number of fused-ring (bicyclic) bond motifs is 5. The Balaban J connectivity index is 1.20. The fraction of sp³-hybridized carbons (Fsp3) is 0.619. The van der Waals surface area contributed by atoms with Gasteiger partial charge in [0.2, 0.25) is 11.8 Å². The number of amides is 2. The maximum absolute atomic E-state index is 12.7. The van der Waals surface area contributed by atoms with Gasteiger partial charge in [0, 0.05) is 32.2 Å². The van der Waals surface area contributed by atoms with Crippen molar-refractivity contribution < 1.29 is 14.1 Å². The van der Waals surface area contributed by atoms with Crippen molar-refractivity contribution in [2.45, 2.75) is 33.1 Å². The van der Waals surface area contributed by atoms with Gasteiger partial charge in [-0.05, 0) is 44.9 Å². The Labute approximate surface area is 170 Å². The van der Waals surface area contributed by atoms with Crippen LogP contribution in [0.25, 0.3) is 0 Å². The van der Waals surface area contributed by atoms with E-state index < -0.39 is 0 Å². The van der Waals surface area contributed by atoms with Crippen LogP contribution < -0.4 is 10.6 Å². The van der Waals surface area contributed by atoms with E-state index in [4.69, 9.17) is 4.52 Å². The lowest BCUT2D eigenvalue weighted by molar-refractivity contribution is -0.140. The minimum absolute atomic E-state index is 0.000979. The summed E-state index contributed by atoms with van der Waals surface area (Å²) in [5.41, 5.74) is 2.10. The van der Waals surface area contributed by atoms with Crippen LogP contribution in [0.1, 0.15) is 29.9 Å². The molecular formula is C21H29N5O3. The Hall–Kier alpha value is -2.64. The lowest BCUT2D eigenvalue weighted by atomic mass is 9.85. The summed E-state index contributed by atoms with van der Waals surface area (Å²) in [6, 6.07) is 0. The average Bonchev–Trinajstić information content (AvgIpc) is 3.45. The van der Waals surface area contributed by atoms with Gasteiger partial charge in [-0.2, -0.15) is 0 Å². The van der Waals surface area contributed by atoms with Crippen LogP contribution in [0.2, 0.25) is 0 Å². The van der Waals surface area contributed by atoms with Gasteiger partial charge in [-0.3, -0.25) is 19.5 Å². The normalized spacial score (nSPS) is 27.8. The van der Waals surface area contributed by atoms with Gasteiger partial charge >= 0.3 is 0 Å². The van der Waals surface area contributed by atoms with Crippen molar-refractivity contribution in [1.82, 2.24) is 20.7 Å². The zero-order chi connectivity index (χ0) is 20.5. The summed E-state index contributed by atoms with van der Waals surface area (Å²) >= 11 is 0. The second-order valence-electron chi connectivity index (χ2n) is 8.16. The van der Waals surface area contributed by atoms with Crippen LogP contribution in [0.3, 0.4) is 0 Å². The first-order valence-corrected chi connectivity index (χ1v) is 10.4. The molecule has 1 saturated heterocycles. The van der Waals surface area contributed by atoms with E-state index in [-0.39, 0.29) is 35.5 Å². The number of allylic oxidation sites excluding steroid dienone is 2. The van der Waals surface area contributed by atoms with Crippen molar-refractivity contribution in [2.24, 2.45) is 28.7 Å². The molecule has 0 spiro atoms. The van der Waals surface area contributed by atoms with Crippen molar-refractivity contribution >= 4 is 17.8 Å². The smallest absolute Gasteiger partial charge is 0.233 e. The molecule has 2 fully saturated rings. The van der Waals surface area contributed by atoms with Crippen LogP contribution in [0.4, 0.5) is 0 Å². The van der Waals surface area contributed by atoms with E-state index in [1.54, 1.807) is 7.05 Å². The summed E-state index contributed by atoms with van der Waals surface area (Å²) in [6.45, 7) is 5.51. The van der Waals surface area contributed by atoms with Crippen LogP contribution in [-0.4, -0.2) is 54.5 Å². The molecule has 4 atom stereocenters. The zero-order valence-corrected chi connectivity index (χ0v) is 17.3. The maximum atomic E-state index is 12.7. The fourth-order valence-corrected chi connectivity index (χ4v) is 5.02. The molecule has 1 aliphatic heterocycles. The third-order valence-corrected chi connectivity index (χ3v) is 6.49. The molecule has 1 saturated carbocycles. The van der Waals surface area contributed by atoms with Crippen molar-refractivity contribution in [3.05, 3.63) is 29.2 Å². The first kappa shape index (κ1) is 19.7. The van der Waals surface area contributed by atoms with Gasteiger partial charge in [-0.1, -0.05) is 17.3 Å². The second kappa shape index (κ2) is 8.00. The summed E-state index contributed by atoms with van der Waals surface area (Å²) in [4.78, 5) is 31.1. The van der Waals surface area contributed by atoms with Crippen LogP contribution in [0.5, 0.6) is 0 Å². The average molecular weight is 399 g/mol. The Morgan fingerprint density at radius 2 is 1.83 bits per heavy atom. The van der Waals surface area contributed by atoms with Crippen LogP contribution >= 0.6 is 0 Å². The maximum Gasteiger partial charge on any atom is 0.233 e. The molecule has 2 N–H and O–H groups in total. The minimum atomic E-state index is -0.126. The molecule has 8 heteroatoms. The Bertz CT molecular complexity index is 809. The molecule has 1 aromatic heterocycles. The number of carbonyl (C=O) groups is 2. The molecule has 4 unspecified atom stereocenters. The van der Waals surface area contributed by atoms with Gasteiger partial charge in [-0.25, -0.2) is 0 Å². The number of aryl methyl sites for hydroxylation is 2. The molecule has 0 radical (unpaired) electrons. The second-order valence-corrected chi connectivity index (χ2v) is 8.16. The minimum Gasteiger partial charge on any atom is -0.361 e. The lowest BCUT2D eigenvalue weighted by Gasteiger charge is -2.18. The molecule has 3 aliphatic rings. The van der Waals surface area contributed by atoms with Crippen molar-refractivity contribution in [3.8, 4) is 0 Å². The molecule has 2 heterocycles. The quantitative estimate of drug-likeness (QED) is 0.235. The molecule has 2 aliphatic carbocycles. The number of carbonyl (C=O) groups excluding carboxylic acids is 2. The number of guanidine groups is 1. The van der Waals surface area contributed by atoms with Gasteiger partial charge in [0.1, 0.15) is 5.76 Å². The van der Waals surface area contributed by atoms with E-state index in [0.717, 1.165) is 42.8 Å². The number of aliphatic imine (C=N–C) groups is 1. The molecular weight excluding hydrogens is 370 g/mol. The first-order chi connectivity index (χ1) is 14.0.